The Labute approximate surface area is 179 Å². The van der Waals surface area contributed by atoms with Crippen molar-refractivity contribution in [2.75, 3.05) is 6.61 Å². The SMILES string of the molecule is [Hf][O]CCCC(Cc1ccccc1)(Cc1ccccc1)Cc1ccccc1. The second kappa shape index (κ2) is 10.7. The van der Waals surface area contributed by atoms with Gasteiger partial charge in [0, 0.05) is 0 Å². The van der Waals surface area contributed by atoms with Crippen LogP contribution in [0, 0.1) is 5.41 Å². The van der Waals surface area contributed by atoms with Crippen LogP contribution in [0.15, 0.2) is 91.0 Å². The van der Waals surface area contributed by atoms with Gasteiger partial charge in [0.2, 0.25) is 0 Å². The standard InChI is InChI=1S/C25H27O.Hf/c26-18-10-17-25(19-22-11-4-1-5-12-22,20-23-13-6-2-7-14-23)21-24-15-8-3-9-16-24;/h1-9,11-16H,10,17-21H2;/q-1;+1. The minimum atomic E-state index is 0.199. The molecule has 0 aliphatic heterocycles. The fraction of sp³-hybridized carbons (Fsp3) is 0.280. The minimum absolute atomic E-state index is 0.199. The molecule has 0 saturated carbocycles. The van der Waals surface area contributed by atoms with Crippen LogP contribution >= 0.6 is 0 Å². The Morgan fingerprint density at radius 1 is 0.593 bits per heavy atom. The third kappa shape index (κ3) is 6.55. The molecule has 0 aromatic heterocycles. The van der Waals surface area contributed by atoms with Gasteiger partial charge in [-0.25, -0.2) is 0 Å². The summed E-state index contributed by atoms with van der Waals surface area (Å²) >= 11 is 0.822. The average molecular weight is 522 g/mol. The molecule has 0 saturated heterocycles. The van der Waals surface area contributed by atoms with E-state index in [1.807, 2.05) is 0 Å². The molecular formula is C25H27HfO. The summed E-state index contributed by atoms with van der Waals surface area (Å²) in [7, 11) is 0. The van der Waals surface area contributed by atoms with Crippen LogP contribution in [0.4, 0.5) is 0 Å². The molecule has 0 spiro atoms. The van der Waals surface area contributed by atoms with Crippen molar-refractivity contribution in [1.82, 2.24) is 0 Å². The Hall–Kier alpha value is -1.51. The van der Waals surface area contributed by atoms with Gasteiger partial charge >= 0.3 is 179 Å². The first-order valence-electron chi connectivity index (χ1n) is 9.70. The molecule has 3 rings (SSSR count). The van der Waals surface area contributed by atoms with Gasteiger partial charge in [-0.2, -0.15) is 0 Å². The molecule has 0 aliphatic carbocycles. The van der Waals surface area contributed by atoms with Gasteiger partial charge in [-0.3, -0.25) is 0 Å². The van der Waals surface area contributed by atoms with E-state index in [0.29, 0.717) is 0 Å². The summed E-state index contributed by atoms with van der Waals surface area (Å²) in [5.41, 5.74) is 4.48. The van der Waals surface area contributed by atoms with Gasteiger partial charge in [-0.1, -0.05) is 0 Å². The van der Waals surface area contributed by atoms with E-state index in [2.05, 4.69) is 91.0 Å². The molecule has 3 aromatic rings. The topological polar surface area (TPSA) is 9.23 Å². The molecule has 0 fully saturated rings. The number of hydrogen-bond acceptors (Lipinski definition) is 1. The second-order valence-electron chi connectivity index (χ2n) is 7.44. The van der Waals surface area contributed by atoms with Crippen molar-refractivity contribution in [3.63, 3.8) is 0 Å². The van der Waals surface area contributed by atoms with Crippen molar-refractivity contribution in [1.29, 1.82) is 0 Å². The van der Waals surface area contributed by atoms with Gasteiger partial charge < -0.3 is 0 Å². The summed E-state index contributed by atoms with van der Waals surface area (Å²) in [6.45, 7) is 0.881. The first kappa shape index (κ1) is 20.2. The van der Waals surface area contributed by atoms with Crippen molar-refractivity contribution in [2.45, 2.75) is 32.1 Å². The molecule has 0 atom stereocenters. The van der Waals surface area contributed by atoms with Gasteiger partial charge in [-0.05, 0) is 0 Å². The molecule has 0 bridgehead atoms. The zero-order valence-electron chi connectivity index (χ0n) is 15.8. The molecule has 2 heteroatoms. The summed E-state index contributed by atoms with van der Waals surface area (Å²) in [4.78, 5) is 0. The van der Waals surface area contributed by atoms with Gasteiger partial charge in [0.15, 0.2) is 0 Å². The molecular weight excluding hydrogens is 495 g/mol. The number of rotatable bonds is 10. The first-order chi connectivity index (χ1) is 13.3. The van der Waals surface area contributed by atoms with Gasteiger partial charge in [0.1, 0.15) is 0 Å². The van der Waals surface area contributed by atoms with Gasteiger partial charge in [-0.15, -0.1) is 0 Å². The Balaban J connectivity index is 1.93. The van der Waals surface area contributed by atoms with Crippen LogP contribution in [-0.2, 0) is 46.9 Å². The van der Waals surface area contributed by atoms with E-state index in [-0.39, 0.29) is 5.41 Å². The maximum atomic E-state index is 5.53. The summed E-state index contributed by atoms with van der Waals surface area (Å²) < 4.78 is 5.53. The van der Waals surface area contributed by atoms with E-state index >= 15 is 0 Å². The monoisotopic (exact) mass is 523 g/mol. The van der Waals surface area contributed by atoms with E-state index in [0.717, 1.165) is 57.1 Å². The fourth-order valence-electron chi connectivity index (χ4n) is 4.06. The quantitative estimate of drug-likeness (QED) is 0.236. The zero-order valence-corrected chi connectivity index (χ0v) is 19.4. The van der Waals surface area contributed by atoms with Gasteiger partial charge in [0.05, 0.1) is 0 Å². The predicted octanol–water partition coefficient (Wildman–Crippen LogP) is 5.96. The summed E-state index contributed by atoms with van der Waals surface area (Å²) in [6, 6.07) is 32.9. The van der Waals surface area contributed by atoms with Crippen molar-refractivity contribution < 1.29 is 27.7 Å². The van der Waals surface area contributed by atoms with Crippen molar-refractivity contribution in [2.24, 2.45) is 5.41 Å². The van der Waals surface area contributed by atoms with Crippen LogP contribution in [0.5, 0.6) is 0 Å². The van der Waals surface area contributed by atoms with Crippen molar-refractivity contribution in [3.8, 4) is 0 Å². The molecule has 27 heavy (non-hydrogen) atoms. The van der Waals surface area contributed by atoms with E-state index in [4.69, 9.17) is 2.85 Å². The summed E-state index contributed by atoms with van der Waals surface area (Å²) in [6.07, 6.45) is 5.58. The normalized spacial score (nSPS) is 11.4. The predicted molar refractivity (Wildman–Crippen MR) is 108 cm³/mol. The van der Waals surface area contributed by atoms with E-state index in [1.54, 1.807) is 0 Å². The van der Waals surface area contributed by atoms with Crippen molar-refractivity contribution in [3.05, 3.63) is 108 Å². The number of hydrogen-bond donors (Lipinski definition) is 0. The third-order valence-electron chi connectivity index (χ3n) is 5.22. The van der Waals surface area contributed by atoms with Crippen molar-refractivity contribution >= 4 is 0 Å². The van der Waals surface area contributed by atoms with Crippen LogP contribution in [0.25, 0.3) is 0 Å². The zero-order chi connectivity index (χ0) is 18.8. The summed E-state index contributed by atoms with van der Waals surface area (Å²) in [5, 5.41) is 0. The van der Waals surface area contributed by atoms with E-state index in [9.17, 15) is 0 Å². The molecule has 0 unspecified atom stereocenters. The van der Waals surface area contributed by atoms with Crippen LogP contribution < -0.4 is 0 Å². The Kier molecular flexibility index (Phi) is 8.04. The average Bonchev–Trinajstić information content (AvgIpc) is 2.70. The van der Waals surface area contributed by atoms with Crippen LogP contribution in [0.1, 0.15) is 29.5 Å². The molecule has 1 nitrogen and oxygen atoms in total. The fourth-order valence-corrected chi connectivity index (χ4v) is 4.58. The van der Waals surface area contributed by atoms with Crippen LogP contribution in [0.2, 0.25) is 0 Å². The van der Waals surface area contributed by atoms with E-state index in [1.165, 1.54) is 23.1 Å². The molecule has 0 amide bonds. The molecule has 0 N–H and O–H groups in total. The molecule has 137 valence electrons. The van der Waals surface area contributed by atoms with Crippen LogP contribution in [-0.4, -0.2) is 6.61 Å². The molecule has 0 heterocycles. The molecule has 0 aliphatic rings. The number of benzene rings is 3. The Morgan fingerprint density at radius 2 is 0.963 bits per heavy atom. The van der Waals surface area contributed by atoms with Crippen LogP contribution in [0.3, 0.4) is 0 Å². The molecule has 3 aromatic carbocycles. The maximum absolute atomic E-state index is 5.53. The molecule has 0 radical (unpaired) electrons. The second-order valence-corrected chi connectivity index (χ2v) is 8.48. The first-order valence-corrected chi connectivity index (χ1v) is 11.2. The summed E-state index contributed by atoms with van der Waals surface area (Å²) in [5.74, 6) is 0. The van der Waals surface area contributed by atoms with E-state index < -0.39 is 0 Å². The van der Waals surface area contributed by atoms with Gasteiger partial charge in [0.25, 0.3) is 0 Å². The Bertz CT molecular complexity index is 670. The third-order valence-corrected chi connectivity index (χ3v) is 5.95. The Morgan fingerprint density at radius 3 is 1.30 bits per heavy atom.